The summed E-state index contributed by atoms with van der Waals surface area (Å²) < 4.78 is 0. The molecule has 1 N–H and O–H groups in total. The standard InChI is InChI=1S/C10H13ClO/c1-2-10(12)7-8-3-5-9(11)6-4-8/h3-6,10,12H,2,7H2,1H3/t10-/m1/s1. The van der Waals surface area contributed by atoms with Gasteiger partial charge in [-0.3, -0.25) is 0 Å². The van der Waals surface area contributed by atoms with Gasteiger partial charge in [-0.1, -0.05) is 30.7 Å². The zero-order valence-corrected chi connectivity index (χ0v) is 7.88. The summed E-state index contributed by atoms with van der Waals surface area (Å²) in [5, 5.41) is 10.1. The zero-order chi connectivity index (χ0) is 8.97. The summed E-state index contributed by atoms with van der Waals surface area (Å²) >= 11 is 5.72. The molecule has 0 bridgehead atoms. The van der Waals surface area contributed by atoms with E-state index in [1.807, 2.05) is 31.2 Å². The second kappa shape index (κ2) is 4.48. The summed E-state index contributed by atoms with van der Waals surface area (Å²) in [6.45, 7) is 1.97. The van der Waals surface area contributed by atoms with Gasteiger partial charge in [0.05, 0.1) is 6.10 Å². The third-order valence-electron chi connectivity index (χ3n) is 1.86. The summed E-state index contributed by atoms with van der Waals surface area (Å²) in [6.07, 6.45) is 1.28. The molecular formula is C10H13ClO. The van der Waals surface area contributed by atoms with Crippen LogP contribution in [-0.2, 0) is 6.42 Å². The van der Waals surface area contributed by atoms with Crippen LogP contribution < -0.4 is 0 Å². The Morgan fingerprint density at radius 3 is 2.42 bits per heavy atom. The lowest BCUT2D eigenvalue weighted by molar-refractivity contribution is 0.171. The van der Waals surface area contributed by atoms with Gasteiger partial charge in [0.1, 0.15) is 0 Å². The van der Waals surface area contributed by atoms with Crippen LogP contribution in [0.15, 0.2) is 24.3 Å². The van der Waals surface area contributed by atoms with Crippen LogP contribution in [0.4, 0.5) is 0 Å². The summed E-state index contributed by atoms with van der Waals surface area (Å²) in [7, 11) is 0. The maximum atomic E-state index is 9.35. The third-order valence-corrected chi connectivity index (χ3v) is 2.11. The number of halogens is 1. The molecule has 0 aliphatic heterocycles. The molecule has 0 radical (unpaired) electrons. The van der Waals surface area contributed by atoms with Crippen molar-refractivity contribution < 1.29 is 5.11 Å². The first-order chi connectivity index (χ1) is 5.72. The average Bonchev–Trinajstić information content (AvgIpc) is 2.09. The summed E-state index contributed by atoms with van der Waals surface area (Å²) in [6, 6.07) is 7.58. The number of rotatable bonds is 3. The molecule has 1 rings (SSSR count). The highest BCUT2D eigenvalue weighted by Gasteiger charge is 2.01. The maximum absolute atomic E-state index is 9.35. The van der Waals surface area contributed by atoms with Crippen molar-refractivity contribution in [3.8, 4) is 0 Å². The van der Waals surface area contributed by atoms with E-state index in [2.05, 4.69) is 0 Å². The van der Waals surface area contributed by atoms with Crippen molar-refractivity contribution in [2.45, 2.75) is 25.9 Å². The lowest BCUT2D eigenvalue weighted by Crippen LogP contribution is -2.07. The van der Waals surface area contributed by atoms with Crippen molar-refractivity contribution in [2.75, 3.05) is 0 Å². The van der Waals surface area contributed by atoms with E-state index >= 15 is 0 Å². The molecule has 0 spiro atoms. The first kappa shape index (κ1) is 9.56. The van der Waals surface area contributed by atoms with Gasteiger partial charge in [-0.05, 0) is 30.5 Å². The fourth-order valence-electron chi connectivity index (χ4n) is 1.04. The molecule has 0 saturated carbocycles. The van der Waals surface area contributed by atoms with E-state index in [-0.39, 0.29) is 6.10 Å². The minimum atomic E-state index is -0.230. The quantitative estimate of drug-likeness (QED) is 0.766. The van der Waals surface area contributed by atoms with E-state index in [1.54, 1.807) is 0 Å². The van der Waals surface area contributed by atoms with Crippen molar-refractivity contribution in [3.63, 3.8) is 0 Å². The topological polar surface area (TPSA) is 20.2 Å². The number of aliphatic hydroxyl groups is 1. The first-order valence-electron chi connectivity index (χ1n) is 4.15. The molecule has 0 aromatic heterocycles. The summed E-state index contributed by atoms with van der Waals surface area (Å²) in [4.78, 5) is 0. The van der Waals surface area contributed by atoms with Crippen LogP contribution in [0, 0.1) is 0 Å². The number of aliphatic hydroxyl groups excluding tert-OH is 1. The van der Waals surface area contributed by atoms with Crippen LogP contribution in [0.1, 0.15) is 18.9 Å². The van der Waals surface area contributed by atoms with Gasteiger partial charge in [-0.2, -0.15) is 0 Å². The molecule has 0 amide bonds. The Balaban J connectivity index is 2.58. The Hall–Kier alpha value is -0.530. The Labute approximate surface area is 78.0 Å². The van der Waals surface area contributed by atoms with Gasteiger partial charge in [0.25, 0.3) is 0 Å². The maximum Gasteiger partial charge on any atom is 0.0577 e. The average molecular weight is 185 g/mol. The molecule has 1 aromatic carbocycles. The van der Waals surface area contributed by atoms with Crippen LogP contribution in [0.2, 0.25) is 5.02 Å². The SMILES string of the molecule is CC[C@@H](O)Cc1ccc(Cl)cc1. The monoisotopic (exact) mass is 184 g/mol. The highest BCUT2D eigenvalue weighted by molar-refractivity contribution is 6.30. The van der Waals surface area contributed by atoms with Gasteiger partial charge in [0.2, 0.25) is 0 Å². The fraction of sp³-hybridized carbons (Fsp3) is 0.400. The molecule has 2 heteroatoms. The Morgan fingerprint density at radius 1 is 1.33 bits per heavy atom. The Kier molecular flexibility index (Phi) is 3.57. The van der Waals surface area contributed by atoms with E-state index in [1.165, 1.54) is 0 Å². The van der Waals surface area contributed by atoms with E-state index in [9.17, 15) is 5.11 Å². The van der Waals surface area contributed by atoms with Crippen molar-refractivity contribution in [1.82, 2.24) is 0 Å². The van der Waals surface area contributed by atoms with E-state index < -0.39 is 0 Å². The normalized spacial score (nSPS) is 12.9. The molecule has 12 heavy (non-hydrogen) atoms. The molecular weight excluding hydrogens is 172 g/mol. The minimum Gasteiger partial charge on any atom is -0.393 e. The largest absolute Gasteiger partial charge is 0.393 e. The van der Waals surface area contributed by atoms with Gasteiger partial charge in [0.15, 0.2) is 0 Å². The lowest BCUT2D eigenvalue weighted by atomic mass is 10.1. The molecule has 0 aliphatic carbocycles. The molecule has 0 unspecified atom stereocenters. The molecule has 1 aromatic rings. The minimum absolute atomic E-state index is 0.230. The van der Waals surface area contributed by atoms with Gasteiger partial charge < -0.3 is 5.11 Å². The third kappa shape index (κ3) is 2.84. The molecule has 1 atom stereocenters. The highest BCUT2D eigenvalue weighted by atomic mass is 35.5. The highest BCUT2D eigenvalue weighted by Crippen LogP contribution is 2.11. The Morgan fingerprint density at radius 2 is 1.92 bits per heavy atom. The molecule has 66 valence electrons. The van der Waals surface area contributed by atoms with Crippen molar-refractivity contribution in [3.05, 3.63) is 34.9 Å². The Bertz CT molecular complexity index is 230. The van der Waals surface area contributed by atoms with Crippen LogP contribution in [-0.4, -0.2) is 11.2 Å². The van der Waals surface area contributed by atoms with E-state index in [0.29, 0.717) is 6.42 Å². The van der Waals surface area contributed by atoms with Gasteiger partial charge in [-0.25, -0.2) is 0 Å². The van der Waals surface area contributed by atoms with E-state index in [4.69, 9.17) is 11.6 Å². The van der Waals surface area contributed by atoms with Crippen molar-refractivity contribution in [2.24, 2.45) is 0 Å². The number of benzene rings is 1. The fourth-order valence-corrected chi connectivity index (χ4v) is 1.16. The van der Waals surface area contributed by atoms with Gasteiger partial charge >= 0.3 is 0 Å². The van der Waals surface area contributed by atoms with Crippen LogP contribution in [0.5, 0.6) is 0 Å². The van der Waals surface area contributed by atoms with Gasteiger partial charge in [0, 0.05) is 5.02 Å². The zero-order valence-electron chi connectivity index (χ0n) is 7.13. The molecule has 0 saturated heterocycles. The lowest BCUT2D eigenvalue weighted by Gasteiger charge is -2.06. The van der Waals surface area contributed by atoms with Crippen molar-refractivity contribution >= 4 is 11.6 Å². The molecule has 0 fully saturated rings. The number of hydrogen-bond donors (Lipinski definition) is 1. The summed E-state index contributed by atoms with van der Waals surface area (Å²) in [5.74, 6) is 0. The number of hydrogen-bond acceptors (Lipinski definition) is 1. The second-order valence-corrected chi connectivity index (χ2v) is 3.33. The van der Waals surface area contributed by atoms with Crippen LogP contribution >= 0.6 is 11.6 Å². The second-order valence-electron chi connectivity index (χ2n) is 2.89. The summed E-state index contributed by atoms with van der Waals surface area (Å²) in [5.41, 5.74) is 1.13. The van der Waals surface area contributed by atoms with Gasteiger partial charge in [-0.15, -0.1) is 0 Å². The van der Waals surface area contributed by atoms with Crippen molar-refractivity contribution in [1.29, 1.82) is 0 Å². The molecule has 0 heterocycles. The predicted molar refractivity (Wildman–Crippen MR) is 51.5 cm³/mol. The molecule has 1 nitrogen and oxygen atoms in total. The molecule has 0 aliphatic rings. The first-order valence-corrected chi connectivity index (χ1v) is 4.52. The smallest absolute Gasteiger partial charge is 0.0577 e. The van der Waals surface area contributed by atoms with Crippen LogP contribution in [0.25, 0.3) is 0 Å². The van der Waals surface area contributed by atoms with E-state index in [0.717, 1.165) is 17.0 Å². The predicted octanol–water partition coefficient (Wildman–Crippen LogP) is 2.65. The van der Waals surface area contributed by atoms with Crippen LogP contribution in [0.3, 0.4) is 0 Å².